The molecule has 1 atom stereocenters. The summed E-state index contributed by atoms with van der Waals surface area (Å²) < 4.78 is 5.57. The lowest BCUT2D eigenvalue weighted by molar-refractivity contribution is -0.119. The second kappa shape index (κ2) is 6.79. The molecule has 82 valence electrons. The van der Waals surface area contributed by atoms with Crippen molar-refractivity contribution in [2.24, 2.45) is 0 Å². The molecule has 0 bridgehead atoms. The summed E-state index contributed by atoms with van der Waals surface area (Å²) in [5.74, 6) is 0.0366. The Kier molecular flexibility index (Phi) is 5.56. The minimum atomic E-state index is 0.0366. The first-order chi connectivity index (χ1) is 6.83. The topological polar surface area (TPSA) is 50.4 Å². The smallest absolute Gasteiger partial charge is 0.233 e. The third kappa shape index (κ3) is 4.58. The maximum atomic E-state index is 10.9. The maximum absolute atomic E-state index is 10.9. The molecular formula is C10H20N2O2. The summed E-state index contributed by atoms with van der Waals surface area (Å²) >= 11 is 0. The zero-order chi connectivity index (χ0) is 10.2. The van der Waals surface area contributed by atoms with Gasteiger partial charge in [-0.25, -0.2) is 0 Å². The quantitative estimate of drug-likeness (QED) is 0.627. The summed E-state index contributed by atoms with van der Waals surface area (Å²) in [6, 6.07) is 0. The van der Waals surface area contributed by atoms with Gasteiger partial charge >= 0.3 is 0 Å². The van der Waals surface area contributed by atoms with Crippen LogP contribution < -0.4 is 10.6 Å². The van der Waals surface area contributed by atoms with Gasteiger partial charge in [0.25, 0.3) is 0 Å². The molecule has 1 fully saturated rings. The van der Waals surface area contributed by atoms with E-state index in [4.69, 9.17) is 4.74 Å². The zero-order valence-corrected chi connectivity index (χ0v) is 8.84. The number of ether oxygens (including phenoxy) is 1. The number of likely N-dealkylation sites (N-methyl/N-ethyl adjacent to an activating group) is 1. The molecule has 0 radical (unpaired) electrons. The Morgan fingerprint density at radius 1 is 1.50 bits per heavy atom. The van der Waals surface area contributed by atoms with Gasteiger partial charge in [-0.05, 0) is 32.2 Å². The van der Waals surface area contributed by atoms with Gasteiger partial charge in [-0.15, -0.1) is 0 Å². The molecule has 14 heavy (non-hydrogen) atoms. The van der Waals surface area contributed by atoms with Gasteiger partial charge in [0.1, 0.15) is 0 Å². The highest BCUT2D eigenvalue weighted by Gasteiger charge is 2.12. The Labute approximate surface area is 85.4 Å². The summed E-state index contributed by atoms with van der Waals surface area (Å²) in [5.41, 5.74) is 0. The van der Waals surface area contributed by atoms with E-state index in [0.717, 1.165) is 19.6 Å². The third-order valence-electron chi connectivity index (χ3n) is 2.48. The van der Waals surface area contributed by atoms with E-state index in [1.165, 1.54) is 19.3 Å². The molecule has 1 saturated heterocycles. The molecule has 1 amide bonds. The van der Waals surface area contributed by atoms with Gasteiger partial charge < -0.3 is 15.4 Å². The number of hydrogen-bond donors (Lipinski definition) is 2. The molecule has 0 saturated carbocycles. The highest BCUT2D eigenvalue weighted by Crippen LogP contribution is 2.14. The zero-order valence-electron chi connectivity index (χ0n) is 8.84. The molecule has 1 aliphatic heterocycles. The molecule has 4 heteroatoms. The largest absolute Gasteiger partial charge is 0.378 e. The normalized spacial score (nSPS) is 21.9. The van der Waals surface area contributed by atoms with Crippen molar-refractivity contribution in [2.75, 3.05) is 26.7 Å². The number of hydrogen-bond acceptors (Lipinski definition) is 3. The van der Waals surface area contributed by atoms with E-state index >= 15 is 0 Å². The van der Waals surface area contributed by atoms with E-state index < -0.39 is 0 Å². The van der Waals surface area contributed by atoms with Crippen LogP contribution in [0.5, 0.6) is 0 Å². The molecule has 0 spiro atoms. The van der Waals surface area contributed by atoms with Gasteiger partial charge in [0, 0.05) is 13.7 Å². The number of carbonyl (C=O) groups is 1. The highest BCUT2D eigenvalue weighted by atomic mass is 16.5. The molecule has 0 aromatic carbocycles. The van der Waals surface area contributed by atoms with Crippen molar-refractivity contribution in [3.63, 3.8) is 0 Å². The van der Waals surface area contributed by atoms with Crippen LogP contribution in [0.4, 0.5) is 0 Å². The van der Waals surface area contributed by atoms with Crippen LogP contribution in [-0.4, -0.2) is 38.8 Å². The SMILES string of the molecule is CNC(=O)CNCCC1CCCCO1. The van der Waals surface area contributed by atoms with Crippen molar-refractivity contribution in [3.05, 3.63) is 0 Å². The Hall–Kier alpha value is -0.610. The third-order valence-corrected chi connectivity index (χ3v) is 2.48. The fourth-order valence-electron chi connectivity index (χ4n) is 1.59. The Balaban J connectivity index is 1.94. The first-order valence-corrected chi connectivity index (χ1v) is 5.36. The van der Waals surface area contributed by atoms with Gasteiger partial charge in [-0.1, -0.05) is 0 Å². The van der Waals surface area contributed by atoms with Crippen LogP contribution in [0.1, 0.15) is 25.7 Å². The lowest BCUT2D eigenvalue weighted by Gasteiger charge is -2.22. The average Bonchev–Trinajstić information content (AvgIpc) is 2.25. The second-order valence-electron chi connectivity index (χ2n) is 3.63. The fraction of sp³-hybridized carbons (Fsp3) is 0.900. The second-order valence-corrected chi connectivity index (χ2v) is 3.63. The predicted octanol–water partition coefficient (Wildman–Crippen LogP) is 0.281. The lowest BCUT2D eigenvalue weighted by atomic mass is 10.1. The van der Waals surface area contributed by atoms with E-state index in [1.807, 2.05) is 0 Å². The van der Waals surface area contributed by atoms with E-state index in [0.29, 0.717) is 12.6 Å². The van der Waals surface area contributed by atoms with E-state index in [2.05, 4.69) is 10.6 Å². The van der Waals surface area contributed by atoms with Crippen LogP contribution in [0.15, 0.2) is 0 Å². The molecule has 1 unspecified atom stereocenters. The van der Waals surface area contributed by atoms with Crippen molar-refractivity contribution < 1.29 is 9.53 Å². The molecule has 1 rings (SSSR count). The minimum Gasteiger partial charge on any atom is -0.378 e. The van der Waals surface area contributed by atoms with Gasteiger partial charge in [0.2, 0.25) is 5.91 Å². The van der Waals surface area contributed by atoms with E-state index in [-0.39, 0.29) is 5.91 Å². The summed E-state index contributed by atoms with van der Waals surface area (Å²) in [6.45, 7) is 2.17. The van der Waals surface area contributed by atoms with Crippen molar-refractivity contribution >= 4 is 5.91 Å². The van der Waals surface area contributed by atoms with Crippen molar-refractivity contribution in [3.8, 4) is 0 Å². The van der Waals surface area contributed by atoms with Gasteiger partial charge in [-0.3, -0.25) is 4.79 Å². The van der Waals surface area contributed by atoms with Crippen molar-refractivity contribution in [2.45, 2.75) is 31.8 Å². The predicted molar refractivity (Wildman–Crippen MR) is 55.1 cm³/mol. The van der Waals surface area contributed by atoms with Crippen LogP contribution in [0.3, 0.4) is 0 Å². The highest BCUT2D eigenvalue weighted by molar-refractivity contribution is 5.77. The van der Waals surface area contributed by atoms with Crippen LogP contribution >= 0.6 is 0 Å². The van der Waals surface area contributed by atoms with Crippen molar-refractivity contribution in [1.82, 2.24) is 10.6 Å². The average molecular weight is 200 g/mol. The molecule has 1 aliphatic rings. The molecule has 1 heterocycles. The summed E-state index contributed by atoms with van der Waals surface area (Å²) in [4.78, 5) is 10.9. The summed E-state index contributed by atoms with van der Waals surface area (Å²) in [7, 11) is 1.65. The molecule has 2 N–H and O–H groups in total. The minimum absolute atomic E-state index is 0.0366. The number of carbonyl (C=O) groups excluding carboxylic acids is 1. The first-order valence-electron chi connectivity index (χ1n) is 5.36. The standard InChI is InChI=1S/C10H20N2O2/c1-11-10(13)8-12-6-5-9-4-2-3-7-14-9/h9,12H,2-8H2,1H3,(H,11,13). The van der Waals surface area contributed by atoms with Crippen LogP contribution in [0.2, 0.25) is 0 Å². The van der Waals surface area contributed by atoms with E-state index in [1.54, 1.807) is 7.05 Å². The van der Waals surface area contributed by atoms with Gasteiger partial charge in [-0.2, -0.15) is 0 Å². The molecule has 0 aromatic heterocycles. The summed E-state index contributed by atoms with van der Waals surface area (Å²) in [5, 5.41) is 5.66. The first kappa shape index (κ1) is 11.5. The molecular weight excluding hydrogens is 180 g/mol. The molecule has 4 nitrogen and oxygen atoms in total. The molecule has 0 aromatic rings. The van der Waals surface area contributed by atoms with E-state index in [9.17, 15) is 4.79 Å². The number of nitrogens with one attached hydrogen (secondary N) is 2. The van der Waals surface area contributed by atoms with Crippen LogP contribution in [-0.2, 0) is 9.53 Å². The fourth-order valence-corrected chi connectivity index (χ4v) is 1.59. The Bertz CT molecular complexity index is 168. The Morgan fingerprint density at radius 2 is 2.36 bits per heavy atom. The number of amides is 1. The summed E-state index contributed by atoms with van der Waals surface area (Å²) in [6.07, 6.45) is 5.06. The van der Waals surface area contributed by atoms with Crippen molar-refractivity contribution in [1.29, 1.82) is 0 Å². The molecule has 0 aliphatic carbocycles. The van der Waals surface area contributed by atoms with Gasteiger partial charge in [0.05, 0.1) is 12.6 Å². The van der Waals surface area contributed by atoms with Crippen LogP contribution in [0, 0.1) is 0 Å². The lowest BCUT2D eigenvalue weighted by Crippen LogP contribution is -2.33. The van der Waals surface area contributed by atoms with Crippen LogP contribution in [0.25, 0.3) is 0 Å². The van der Waals surface area contributed by atoms with Gasteiger partial charge in [0.15, 0.2) is 0 Å². The number of rotatable bonds is 5. The maximum Gasteiger partial charge on any atom is 0.233 e. The Morgan fingerprint density at radius 3 is 3.00 bits per heavy atom. The monoisotopic (exact) mass is 200 g/mol.